The molecule has 22 heavy (non-hydrogen) atoms. The molecule has 0 spiro atoms. The molecule has 0 aromatic heterocycles. The van der Waals surface area contributed by atoms with Crippen molar-refractivity contribution >= 4 is 15.8 Å². The van der Waals surface area contributed by atoms with Crippen LogP contribution in [0.25, 0.3) is 0 Å². The van der Waals surface area contributed by atoms with E-state index in [-0.39, 0.29) is 11.7 Å². The van der Waals surface area contributed by atoms with E-state index in [0.717, 1.165) is 51.1 Å². The summed E-state index contributed by atoms with van der Waals surface area (Å²) in [6.45, 7) is 6.06. The van der Waals surface area contributed by atoms with Crippen LogP contribution < -0.4 is 9.50 Å². The number of piperidine rings is 1. The number of hydrogen-bond donors (Lipinski definition) is 1. The van der Waals surface area contributed by atoms with E-state index in [0.29, 0.717) is 5.75 Å². The summed E-state index contributed by atoms with van der Waals surface area (Å²) >= 11 is 0. The predicted molar refractivity (Wildman–Crippen MR) is 87.9 cm³/mol. The standard InChI is InChI=1S/C16H24N2O3S/c1-2-18-9-6-13(7-10-18)12-22(19,20)21-15-4-3-14-5-8-17-16(14)11-15/h3-4,11,13,17H,2,5-10,12H2,1H3. The first kappa shape index (κ1) is 15.6. The molecule has 1 aromatic rings. The van der Waals surface area contributed by atoms with Crippen LogP contribution in [-0.2, 0) is 16.5 Å². The predicted octanol–water partition coefficient (Wildman–Crippen LogP) is 2.10. The molecule has 0 bridgehead atoms. The first-order chi connectivity index (χ1) is 10.6. The normalized spacial score (nSPS) is 19.7. The largest absolute Gasteiger partial charge is 0.384 e. The third kappa shape index (κ3) is 3.73. The van der Waals surface area contributed by atoms with Crippen LogP contribution in [-0.4, -0.2) is 45.2 Å². The van der Waals surface area contributed by atoms with Crippen LogP contribution in [0.5, 0.6) is 5.75 Å². The van der Waals surface area contributed by atoms with Crippen molar-refractivity contribution in [2.75, 3.05) is 37.2 Å². The van der Waals surface area contributed by atoms with Gasteiger partial charge in [-0.15, -0.1) is 0 Å². The van der Waals surface area contributed by atoms with E-state index in [9.17, 15) is 8.42 Å². The fraction of sp³-hybridized carbons (Fsp3) is 0.625. The second-order valence-electron chi connectivity index (χ2n) is 6.18. The molecule has 122 valence electrons. The van der Waals surface area contributed by atoms with Gasteiger partial charge in [0.05, 0.1) is 5.75 Å². The van der Waals surface area contributed by atoms with Gasteiger partial charge in [0.15, 0.2) is 0 Å². The summed E-state index contributed by atoms with van der Waals surface area (Å²) < 4.78 is 29.8. The van der Waals surface area contributed by atoms with Crippen LogP contribution in [0.1, 0.15) is 25.3 Å². The van der Waals surface area contributed by atoms with Crippen LogP contribution in [0.15, 0.2) is 18.2 Å². The number of nitrogens with one attached hydrogen (secondary N) is 1. The quantitative estimate of drug-likeness (QED) is 0.841. The fourth-order valence-corrected chi connectivity index (χ4v) is 4.64. The van der Waals surface area contributed by atoms with Gasteiger partial charge in [0.2, 0.25) is 0 Å². The average molecular weight is 324 g/mol. The van der Waals surface area contributed by atoms with E-state index in [2.05, 4.69) is 17.1 Å². The lowest BCUT2D eigenvalue weighted by molar-refractivity contribution is 0.201. The molecule has 2 aliphatic heterocycles. The number of hydrogen-bond acceptors (Lipinski definition) is 5. The highest BCUT2D eigenvalue weighted by Gasteiger charge is 2.25. The molecule has 2 heterocycles. The van der Waals surface area contributed by atoms with Crippen molar-refractivity contribution in [3.8, 4) is 5.75 Å². The van der Waals surface area contributed by atoms with Gasteiger partial charge in [-0.3, -0.25) is 0 Å². The van der Waals surface area contributed by atoms with Crippen LogP contribution in [0.3, 0.4) is 0 Å². The molecule has 1 fully saturated rings. The zero-order valence-corrected chi connectivity index (χ0v) is 13.9. The summed E-state index contributed by atoms with van der Waals surface area (Å²) in [5.74, 6) is 0.745. The highest BCUT2D eigenvalue weighted by atomic mass is 32.2. The van der Waals surface area contributed by atoms with Crippen molar-refractivity contribution in [2.24, 2.45) is 5.92 Å². The van der Waals surface area contributed by atoms with Crippen LogP contribution in [0.4, 0.5) is 5.69 Å². The lowest BCUT2D eigenvalue weighted by Gasteiger charge is -2.30. The Kier molecular flexibility index (Phi) is 4.59. The van der Waals surface area contributed by atoms with Crippen molar-refractivity contribution in [3.05, 3.63) is 23.8 Å². The number of nitrogens with zero attached hydrogens (tertiary/aromatic N) is 1. The summed E-state index contributed by atoms with van der Waals surface area (Å²) in [5, 5.41) is 3.24. The van der Waals surface area contributed by atoms with Gasteiger partial charge in [-0.05, 0) is 56.4 Å². The molecule has 0 atom stereocenters. The van der Waals surface area contributed by atoms with Crippen molar-refractivity contribution in [3.63, 3.8) is 0 Å². The Morgan fingerprint density at radius 1 is 1.32 bits per heavy atom. The van der Waals surface area contributed by atoms with Gasteiger partial charge in [-0.2, -0.15) is 8.42 Å². The molecule has 0 saturated carbocycles. The Hall–Kier alpha value is -1.27. The molecule has 2 aliphatic rings. The van der Waals surface area contributed by atoms with Gasteiger partial charge in [-0.1, -0.05) is 13.0 Å². The minimum Gasteiger partial charge on any atom is -0.384 e. The second-order valence-corrected chi connectivity index (χ2v) is 7.80. The molecule has 0 aliphatic carbocycles. The fourth-order valence-electron chi connectivity index (χ4n) is 3.26. The van der Waals surface area contributed by atoms with Gasteiger partial charge >= 0.3 is 10.1 Å². The third-order valence-corrected chi connectivity index (χ3v) is 5.93. The Balaban J connectivity index is 1.59. The van der Waals surface area contributed by atoms with Gasteiger partial charge in [0.1, 0.15) is 5.75 Å². The molecule has 1 N–H and O–H groups in total. The number of benzene rings is 1. The smallest absolute Gasteiger partial charge is 0.309 e. The van der Waals surface area contributed by atoms with E-state index >= 15 is 0 Å². The lowest BCUT2D eigenvalue weighted by atomic mass is 9.99. The molecular formula is C16H24N2O3S. The lowest BCUT2D eigenvalue weighted by Crippen LogP contribution is -2.36. The Bertz CT molecular complexity index is 622. The second kappa shape index (κ2) is 6.46. The van der Waals surface area contributed by atoms with Crippen LogP contribution in [0.2, 0.25) is 0 Å². The third-order valence-electron chi connectivity index (χ3n) is 4.61. The van der Waals surface area contributed by atoms with Crippen molar-refractivity contribution in [1.29, 1.82) is 0 Å². The van der Waals surface area contributed by atoms with Gasteiger partial charge in [0.25, 0.3) is 0 Å². The molecule has 0 unspecified atom stereocenters. The zero-order valence-electron chi connectivity index (χ0n) is 13.0. The van der Waals surface area contributed by atoms with Gasteiger partial charge in [-0.25, -0.2) is 0 Å². The SMILES string of the molecule is CCN1CCC(CS(=O)(=O)Oc2ccc3c(c2)NCC3)CC1. The first-order valence-electron chi connectivity index (χ1n) is 8.07. The summed E-state index contributed by atoms with van der Waals surface area (Å²) in [6, 6.07) is 5.49. The first-order valence-corrected chi connectivity index (χ1v) is 9.65. The maximum absolute atomic E-state index is 12.3. The summed E-state index contributed by atoms with van der Waals surface area (Å²) in [6.07, 6.45) is 2.85. The summed E-state index contributed by atoms with van der Waals surface area (Å²) in [7, 11) is -3.52. The molecule has 5 nitrogen and oxygen atoms in total. The van der Waals surface area contributed by atoms with Crippen molar-refractivity contribution in [1.82, 2.24) is 4.90 Å². The van der Waals surface area contributed by atoms with Crippen LogP contribution >= 0.6 is 0 Å². The van der Waals surface area contributed by atoms with E-state index in [1.54, 1.807) is 12.1 Å². The summed E-state index contributed by atoms with van der Waals surface area (Å²) in [5.41, 5.74) is 2.21. The van der Waals surface area contributed by atoms with E-state index in [1.807, 2.05) is 6.07 Å². The molecular weight excluding hydrogens is 300 g/mol. The highest BCUT2D eigenvalue weighted by molar-refractivity contribution is 7.87. The Morgan fingerprint density at radius 2 is 2.09 bits per heavy atom. The Morgan fingerprint density at radius 3 is 2.82 bits per heavy atom. The topological polar surface area (TPSA) is 58.6 Å². The molecule has 1 saturated heterocycles. The molecule has 3 rings (SSSR count). The minimum atomic E-state index is -3.52. The van der Waals surface area contributed by atoms with Gasteiger partial charge in [0, 0.05) is 18.3 Å². The molecule has 0 amide bonds. The minimum absolute atomic E-state index is 0.120. The van der Waals surface area contributed by atoms with E-state index in [1.165, 1.54) is 5.56 Å². The van der Waals surface area contributed by atoms with Gasteiger partial charge < -0.3 is 14.4 Å². The average Bonchev–Trinajstić information content (AvgIpc) is 2.94. The van der Waals surface area contributed by atoms with E-state index < -0.39 is 10.1 Å². The number of rotatable bonds is 5. The van der Waals surface area contributed by atoms with E-state index in [4.69, 9.17) is 4.18 Å². The monoisotopic (exact) mass is 324 g/mol. The Labute approximate surface area is 132 Å². The highest BCUT2D eigenvalue weighted by Crippen LogP contribution is 2.28. The van der Waals surface area contributed by atoms with Crippen molar-refractivity contribution in [2.45, 2.75) is 26.2 Å². The number of likely N-dealkylation sites (tertiary alicyclic amines) is 1. The van der Waals surface area contributed by atoms with Crippen LogP contribution in [0, 0.1) is 5.92 Å². The molecule has 6 heteroatoms. The maximum Gasteiger partial charge on any atom is 0.309 e. The number of fused-ring (bicyclic) bond motifs is 1. The molecule has 0 radical (unpaired) electrons. The van der Waals surface area contributed by atoms with Crippen molar-refractivity contribution < 1.29 is 12.6 Å². The summed E-state index contributed by atoms with van der Waals surface area (Å²) in [4.78, 5) is 2.36. The molecule has 1 aromatic carbocycles. The maximum atomic E-state index is 12.3. The number of anilines is 1. The zero-order chi connectivity index (χ0) is 15.6.